The van der Waals surface area contributed by atoms with Gasteiger partial charge in [0.15, 0.2) is 0 Å². The summed E-state index contributed by atoms with van der Waals surface area (Å²) >= 11 is 0. The number of hydrogen-bond donors (Lipinski definition) is 7. The number of hydrogen-bond acceptors (Lipinski definition) is 7. The third kappa shape index (κ3) is 9.74. The molecule has 27 heavy (non-hydrogen) atoms. The largest absolute Gasteiger partial charge is 0.481 e. The van der Waals surface area contributed by atoms with Crippen molar-refractivity contribution >= 4 is 36.1 Å². The lowest BCUT2D eigenvalue weighted by molar-refractivity contribution is -0.143. The number of rotatable bonds is 13. The summed E-state index contributed by atoms with van der Waals surface area (Å²) in [5, 5.41) is 35.2. The van der Waals surface area contributed by atoms with Gasteiger partial charge in [0, 0.05) is 6.42 Å². The van der Waals surface area contributed by atoms with E-state index in [0.717, 1.165) is 0 Å². The van der Waals surface area contributed by atoms with Crippen LogP contribution >= 0.6 is 0 Å². The Balaban J connectivity index is 4.62. The minimum absolute atomic E-state index is 0.305. The Kier molecular flexibility index (Phi) is 10.7. The van der Waals surface area contributed by atoms with Crippen molar-refractivity contribution in [2.24, 2.45) is 0 Å². The molecule has 152 valence electrons. The van der Waals surface area contributed by atoms with E-state index in [9.17, 15) is 33.9 Å². The third-order valence-electron chi connectivity index (χ3n) is 3.23. The number of nitrogens with one attached hydrogen (secondary N) is 4. The summed E-state index contributed by atoms with van der Waals surface area (Å²) in [6.45, 7) is -0.0521. The number of carbonyl (C=O) groups is 6. The Morgan fingerprint density at radius 2 is 1.63 bits per heavy atom. The molecule has 0 spiro atoms. The van der Waals surface area contributed by atoms with Crippen LogP contribution in [0.2, 0.25) is 0 Å². The Morgan fingerprint density at radius 1 is 1.00 bits per heavy atom. The first-order valence-electron chi connectivity index (χ1n) is 7.74. The Labute approximate surface area is 153 Å². The summed E-state index contributed by atoms with van der Waals surface area (Å²) in [7, 11) is 0. The van der Waals surface area contributed by atoms with Gasteiger partial charge in [-0.2, -0.15) is 0 Å². The number of carboxylic acid groups (broad SMARTS) is 2. The highest BCUT2D eigenvalue weighted by Gasteiger charge is 2.26. The molecule has 7 N–H and O–H groups in total. The molecule has 0 aromatic heterocycles. The van der Waals surface area contributed by atoms with Crippen molar-refractivity contribution in [2.75, 3.05) is 13.2 Å². The maximum Gasteiger partial charge on any atom is 0.326 e. The van der Waals surface area contributed by atoms with E-state index in [1.54, 1.807) is 0 Å². The molecule has 0 radical (unpaired) electrons. The van der Waals surface area contributed by atoms with Gasteiger partial charge in [0.2, 0.25) is 24.1 Å². The smallest absolute Gasteiger partial charge is 0.326 e. The van der Waals surface area contributed by atoms with E-state index in [0.29, 0.717) is 6.41 Å². The van der Waals surface area contributed by atoms with Crippen LogP contribution < -0.4 is 21.3 Å². The second kappa shape index (κ2) is 12.2. The van der Waals surface area contributed by atoms with Crippen molar-refractivity contribution in [3.63, 3.8) is 0 Å². The van der Waals surface area contributed by atoms with Crippen LogP contribution in [0.15, 0.2) is 0 Å². The summed E-state index contributed by atoms with van der Waals surface area (Å²) in [5.41, 5.74) is 0. The molecule has 0 aliphatic carbocycles. The molecule has 0 rings (SSSR count). The average Bonchev–Trinajstić information content (AvgIpc) is 2.60. The number of aliphatic hydroxyl groups is 1. The van der Waals surface area contributed by atoms with Gasteiger partial charge in [0.1, 0.15) is 18.1 Å². The van der Waals surface area contributed by atoms with Gasteiger partial charge in [-0.3, -0.25) is 24.0 Å². The molecule has 0 aliphatic rings. The number of aliphatic hydroxyl groups excluding tert-OH is 1. The minimum Gasteiger partial charge on any atom is -0.481 e. The van der Waals surface area contributed by atoms with Crippen LogP contribution in [0.5, 0.6) is 0 Å². The second-order valence-corrected chi connectivity index (χ2v) is 5.36. The monoisotopic (exact) mass is 390 g/mol. The van der Waals surface area contributed by atoms with E-state index in [1.165, 1.54) is 6.92 Å². The molecule has 0 unspecified atom stereocenters. The molecule has 0 heterocycles. The normalized spacial score (nSPS) is 13.4. The van der Waals surface area contributed by atoms with Crippen LogP contribution in [0.1, 0.15) is 19.8 Å². The molecular formula is C14H22N4O9. The van der Waals surface area contributed by atoms with E-state index >= 15 is 0 Å². The lowest BCUT2D eigenvalue weighted by Crippen LogP contribution is -2.55. The highest BCUT2D eigenvalue weighted by Crippen LogP contribution is 1.99. The van der Waals surface area contributed by atoms with Gasteiger partial charge in [0.05, 0.1) is 13.2 Å². The standard InChI is InChI=1S/C14H22N4O9/c1-7(16-6-20)12(24)15-4-10(21)17-9(5-19)13(25)18-8(14(26)27)2-3-11(22)23/h6-9,19H,2-5H2,1H3,(H,15,24)(H,16,20)(H,17,21)(H,18,25)(H,22,23)(H,26,27)/t7-,8+,9-/m0/s1. The summed E-state index contributed by atoms with van der Waals surface area (Å²) in [6.07, 6.45) is -0.591. The van der Waals surface area contributed by atoms with Crippen molar-refractivity contribution in [3.8, 4) is 0 Å². The lowest BCUT2D eigenvalue weighted by atomic mass is 10.1. The number of amides is 4. The zero-order valence-corrected chi connectivity index (χ0v) is 14.4. The SMILES string of the molecule is C[C@H](NC=O)C(=O)NCC(=O)N[C@@H](CO)C(=O)N[C@H](CCC(=O)O)C(=O)O. The van der Waals surface area contributed by atoms with Gasteiger partial charge < -0.3 is 36.6 Å². The predicted molar refractivity (Wildman–Crippen MR) is 87.1 cm³/mol. The fourth-order valence-electron chi connectivity index (χ4n) is 1.74. The van der Waals surface area contributed by atoms with Gasteiger partial charge in [-0.15, -0.1) is 0 Å². The summed E-state index contributed by atoms with van der Waals surface area (Å²) < 4.78 is 0. The Bertz CT molecular complexity index is 581. The van der Waals surface area contributed by atoms with E-state index < -0.39 is 67.4 Å². The van der Waals surface area contributed by atoms with Crippen LogP contribution in [0.25, 0.3) is 0 Å². The highest BCUT2D eigenvalue weighted by molar-refractivity contribution is 5.92. The highest BCUT2D eigenvalue weighted by atomic mass is 16.4. The maximum atomic E-state index is 12.0. The molecular weight excluding hydrogens is 368 g/mol. The molecule has 0 bridgehead atoms. The van der Waals surface area contributed by atoms with Gasteiger partial charge in [-0.05, 0) is 13.3 Å². The van der Waals surface area contributed by atoms with Crippen molar-refractivity contribution in [2.45, 2.75) is 37.9 Å². The number of carboxylic acids is 2. The molecule has 13 heteroatoms. The summed E-state index contributed by atoms with van der Waals surface area (Å²) in [5.74, 6) is -5.28. The predicted octanol–water partition coefficient (Wildman–Crippen LogP) is -3.85. The van der Waals surface area contributed by atoms with Gasteiger partial charge in [-0.25, -0.2) is 4.79 Å². The van der Waals surface area contributed by atoms with Crippen LogP contribution in [0.3, 0.4) is 0 Å². The Hall–Kier alpha value is -3.22. The fourth-order valence-corrected chi connectivity index (χ4v) is 1.74. The van der Waals surface area contributed by atoms with Crippen molar-refractivity contribution in [1.82, 2.24) is 21.3 Å². The third-order valence-corrected chi connectivity index (χ3v) is 3.23. The van der Waals surface area contributed by atoms with Gasteiger partial charge in [0.25, 0.3) is 0 Å². The van der Waals surface area contributed by atoms with Crippen molar-refractivity contribution in [1.29, 1.82) is 0 Å². The first kappa shape index (κ1) is 23.8. The van der Waals surface area contributed by atoms with Crippen molar-refractivity contribution in [3.05, 3.63) is 0 Å². The van der Waals surface area contributed by atoms with E-state index in [1.807, 2.05) is 5.32 Å². The van der Waals surface area contributed by atoms with Crippen molar-refractivity contribution < 1.29 is 44.1 Å². The average molecular weight is 390 g/mol. The van der Waals surface area contributed by atoms with Crippen LogP contribution in [0, 0.1) is 0 Å². The summed E-state index contributed by atoms with van der Waals surface area (Å²) in [4.78, 5) is 67.0. The number of aliphatic carboxylic acids is 2. The van der Waals surface area contributed by atoms with E-state index in [2.05, 4.69) is 16.0 Å². The molecule has 0 fully saturated rings. The first-order chi connectivity index (χ1) is 12.6. The Morgan fingerprint density at radius 3 is 2.11 bits per heavy atom. The van der Waals surface area contributed by atoms with E-state index in [-0.39, 0.29) is 6.42 Å². The zero-order valence-electron chi connectivity index (χ0n) is 14.4. The second-order valence-electron chi connectivity index (χ2n) is 5.36. The quantitative estimate of drug-likeness (QED) is 0.153. The van der Waals surface area contributed by atoms with E-state index in [4.69, 9.17) is 10.2 Å². The van der Waals surface area contributed by atoms with Crippen LogP contribution in [-0.4, -0.2) is 82.7 Å². The molecule has 0 aliphatic heterocycles. The zero-order chi connectivity index (χ0) is 21.0. The van der Waals surface area contributed by atoms with Gasteiger partial charge >= 0.3 is 11.9 Å². The molecule has 0 saturated carbocycles. The molecule has 0 saturated heterocycles. The number of carbonyl (C=O) groups excluding carboxylic acids is 4. The first-order valence-corrected chi connectivity index (χ1v) is 7.74. The molecule has 0 aromatic rings. The van der Waals surface area contributed by atoms with Crippen LogP contribution in [0.4, 0.5) is 0 Å². The van der Waals surface area contributed by atoms with Gasteiger partial charge in [-0.1, -0.05) is 0 Å². The molecule has 4 amide bonds. The lowest BCUT2D eigenvalue weighted by Gasteiger charge is -2.20. The minimum atomic E-state index is -1.52. The molecule has 13 nitrogen and oxygen atoms in total. The maximum absolute atomic E-state index is 12.0. The molecule has 0 aromatic carbocycles. The summed E-state index contributed by atoms with van der Waals surface area (Å²) in [6, 6.07) is -3.92. The fraction of sp³-hybridized carbons (Fsp3) is 0.571. The molecule has 3 atom stereocenters. The van der Waals surface area contributed by atoms with Crippen LogP contribution in [-0.2, 0) is 28.8 Å². The topological polar surface area (TPSA) is 211 Å².